The molecular formula is C28H29N5O6S2. The number of likely N-dealkylation sites (tertiary alicyclic amines) is 1. The van der Waals surface area contributed by atoms with Crippen LogP contribution in [0.15, 0.2) is 58.3 Å². The van der Waals surface area contributed by atoms with Crippen LogP contribution in [0, 0.1) is 5.41 Å². The molecule has 3 amide bonds. The van der Waals surface area contributed by atoms with Gasteiger partial charge in [0.1, 0.15) is 23.0 Å². The van der Waals surface area contributed by atoms with Gasteiger partial charge in [-0.05, 0) is 43.7 Å². The number of rotatable bonds is 8. The molecule has 11 nitrogen and oxygen atoms in total. The Morgan fingerprint density at radius 2 is 1.85 bits per heavy atom. The van der Waals surface area contributed by atoms with Crippen LogP contribution < -0.4 is 16.4 Å². The fourth-order valence-electron chi connectivity index (χ4n) is 4.96. The molecule has 0 aliphatic carbocycles. The normalized spacial score (nSPS) is 18.0. The van der Waals surface area contributed by atoms with Crippen LogP contribution in [-0.2, 0) is 19.4 Å². The third kappa shape index (κ3) is 5.81. The fraction of sp³-hybridized carbons (Fsp3) is 0.286. The highest BCUT2D eigenvalue weighted by molar-refractivity contribution is 7.91. The molecular weight excluding hydrogens is 566 g/mol. The maximum atomic E-state index is 13.3. The van der Waals surface area contributed by atoms with Crippen LogP contribution in [0.5, 0.6) is 0 Å². The molecule has 5 rings (SSSR count). The summed E-state index contributed by atoms with van der Waals surface area (Å²) in [5.41, 5.74) is 7.59. The number of carbonyl (C=O) groups excluding carboxylic acids is 3. The average Bonchev–Trinajstić information content (AvgIpc) is 3.67. The smallest absolute Gasteiger partial charge is 0.251 e. The van der Waals surface area contributed by atoms with Gasteiger partial charge in [-0.15, -0.1) is 11.3 Å². The molecule has 0 spiro atoms. The highest BCUT2D eigenvalue weighted by atomic mass is 32.2. The second kappa shape index (κ2) is 11.0. The van der Waals surface area contributed by atoms with E-state index in [1.54, 1.807) is 36.6 Å². The van der Waals surface area contributed by atoms with Gasteiger partial charge in [-0.2, -0.15) is 0 Å². The van der Waals surface area contributed by atoms with Gasteiger partial charge in [0, 0.05) is 45.0 Å². The van der Waals surface area contributed by atoms with Gasteiger partial charge >= 0.3 is 0 Å². The number of nitrogens with zero attached hydrogens (tertiary/aromatic N) is 1. The van der Waals surface area contributed by atoms with E-state index in [9.17, 15) is 22.8 Å². The maximum absolute atomic E-state index is 13.3. The molecule has 1 fully saturated rings. The van der Waals surface area contributed by atoms with E-state index in [1.807, 2.05) is 24.3 Å². The second-order valence-corrected chi connectivity index (χ2v) is 13.4. The summed E-state index contributed by atoms with van der Waals surface area (Å²) in [5.74, 6) is -1.67. The number of nitrogen functional groups attached to an aromatic ring is 1. The number of hydrogen-bond donors (Lipinski definition) is 4. The van der Waals surface area contributed by atoms with Gasteiger partial charge in [0.2, 0.25) is 11.8 Å². The van der Waals surface area contributed by atoms with E-state index in [0.29, 0.717) is 22.3 Å². The minimum atomic E-state index is -3.54. The molecule has 1 saturated heterocycles. The van der Waals surface area contributed by atoms with Gasteiger partial charge in [0.15, 0.2) is 9.84 Å². The first-order valence-corrected chi connectivity index (χ1v) is 15.7. The number of fused-ring (bicyclic) bond motifs is 3. The standard InChI is InChI=1S/C28H29N5O6S2/c1-15(24-10-17(14-40-24)26(29)30)32-28(36)21-11-18(41(2,37)38)13-33(21)25(34)12-31-27(35)16-7-8-20-19-5-3-4-6-22(19)39-23(20)9-16/h3-10,14-15,18,21H,11-13H2,1-2H3,(H3,29,30)(H,31,35)(H,32,36)/t15?,18-,21+/m1/s1. The number of para-hydroxylation sites is 1. The lowest BCUT2D eigenvalue weighted by atomic mass is 10.1. The summed E-state index contributed by atoms with van der Waals surface area (Å²) >= 11 is 1.33. The summed E-state index contributed by atoms with van der Waals surface area (Å²) in [6, 6.07) is 12.8. The summed E-state index contributed by atoms with van der Waals surface area (Å²) in [6.07, 6.45) is 1.02. The number of carbonyl (C=O) groups is 3. The van der Waals surface area contributed by atoms with E-state index in [1.165, 1.54) is 16.2 Å². The number of furan rings is 1. The van der Waals surface area contributed by atoms with E-state index in [2.05, 4.69) is 10.6 Å². The van der Waals surface area contributed by atoms with Crippen molar-refractivity contribution in [3.63, 3.8) is 0 Å². The van der Waals surface area contributed by atoms with Crippen LogP contribution in [0.3, 0.4) is 0 Å². The summed E-state index contributed by atoms with van der Waals surface area (Å²) in [7, 11) is -3.54. The highest BCUT2D eigenvalue weighted by Crippen LogP contribution is 2.29. The Bertz CT molecular complexity index is 1790. The van der Waals surface area contributed by atoms with Crippen molar-refractivity contribution in [2.45, 2.75) is 30.7 Å². The Morgan fingerprint density at radius 3 is 2.56 bits per heavy atom. The van der Waals surface area contributed by atoms with Crippen LogP contribution in [0.4, 0.5) is 0 Å². The van der Waals surface area contributed by atoms with Crippen molar-refractivity contribution in [3.8, 4) is 0 Å². The van der Waals surface area contributed by atoms with E-state index in [-0.39, 0.29) is 18.8 Å². The van der Waals surface area contributed by atoms with Gasteiger partial charge in [-0.25, -0.2) is 8.42 Å². The Morgan fingerprint density at radius 1 is 1.12 bits per heavy atom. The van der Waals surface area contributed by atoms with Crippen LogP contribution in [-0.4, -0.2) is 67.5 Å². The quantitative estimate of drug-likeness (QED) is 0.179. The summed E-state index contributed by atoms with van der Waals surface area (Å²) in [4.78, 5) is 41.3. The van der Waals surface area contributed by atoms with Crippen LogP contribution in [0.1, 0.15) is 40.2 Å². The van der Waals surface area contributed by atoms with E-state index >= 15 is 0 Å². The first-order chi connectivity index (χ1) is 19.4. The van der Waals surface area contributed by atoms with Gasteiger partial charge in [0.05, 0.1) is 17.8 Å². The maximum Gasteiger partial charge on any atom is 0.251 e. The zero-order valence-electron chi connectivity index (χ0n) is 22.3. The molecule has 1 aliphatic heterocycles. The van der Waals surface area contributed by atoms with Crippen LogP contribution in [0.25, 0.3) is 21.9 Å². The molecule has 2 aromatic heterocycles. The van der Waals surface area contributed by atoms with E-state index < -0.39 is 51.4 Å². The molecule has 0 radical (unpaired) electrons. The SMILES string of the molecule is CC(NC(=O)[C@@H]1C[C@@H](S(C)(=O)=O)CN1C(=O)CNC(=O)c1ccc2c(c1)oc1ccccc12)c1cc(C(=N)N)cs1. The molecule has 5 N–H and O–H groups in total. The predicted molar refractivity (Wildman–Crippen MR) is 157 cm³/mol. The first kappa shape index (κ1) is 28.3. The molecule has 3 atom stereocenters. The summed E-state index contributed by atoms with van der Waals surface area (Å²) in [6.45, 7) is 1.18. The predicted octanol–water partition coefficient (Wildman–Crippen LogP) is 2.55. The van der Waals surface area contributed by atoms with Crippen molar-refractivity contribution in [2.24, 2.45) is 5.73 Å². The van der Waals surface area contributed by atoms with Crippen molar-refractivity contribution < 1.29 is 27.2 Å². The van der Waals surface area contributed by atoms with Gasteiger partial charge in [-0.1, -0.05) is 18.2 Å². The van der Waals surface area contributed by atoms with Crippen molar-refractivity contribution >= 4 is 66.7 Å². The number of benzene rings is 2. The highest BCUT2D eigenvalue weighted by Gasteiger charge is 2.43. The summed E-state index contributed by atoms with van der Waals surface area (Å²) in [5, 5.41) is 15.6. The molecule has 0 bridgehead atoms. The number of thiophene rings is 1. The Hall–Kier alpha value is -4.23. The third-order valence-corrected chi connectivity index (χ3v) is 9.92. The first-order valence-electron chi connectivity index (χ1n) is 12.8. The van der Waals surface area contributed by atoms with Gasteiger partial charge in [0.25, 0.3) is 5.91 Å². The molecule has 1 unspecified atom stereocenters. The minimum Gasteiger partial charge on any atom is -0.456 e. The minimum absolute atomic E-state index is 0.0526. The van der Waals surface area contributed by atoms with Crippen LogP contribution in [0.2, 0.25) is 0 Å². The lowest BCUT2D eigenvalue weighted by molar-refractivity contribution is -0.137. The Kier molecular flexibility index (Phi) is 7.58. The molecule has 0 saturated carbocycles. The van der Waals surface area contributed by atoms with E-state index in [0.717, 1.165) is 21.9 Å². The van der Waals surface area contributed by atoms with Crippen LogP contribution >= 0.6 is 11.3 Å². The van der Waals surface area contributed by atoms with Crippen molar-refractivity contribution in [1.29, 1.82) is 5.41 Å². The zero-order valence-corrected chi connectivity index (χ0v) is 24.0. The largest absolute Gasteiger partial charge is 0.456 e. The van der Waals surface area contributed by atoms with Crippen molar-refractivity contribution in [3.05, 3.63) is 69.9 Å². The third-order valence-electron chi connectivity index (χ3n) is 7.25. The average molecular weight is 596 g/mol. The molecule has 1 aliphatic rings. The molecule has 4 aromatic rings. The lowest BCUT2D eigenvalue weighted by Crippen LogP contribution is -2.49. The fourth-order valence-corrected chi connectivity index (χ4v) is 6.84. The Labute approximate surface area is 240 Å². The monoisotopic (exact) mass is 595 g/mol. The van der Waals surface area contributed by atoms with Crippen molar-refractivity contribution in [2.75, 3.05) is 19.3 Å². The summed E-state index contributed by atoms with van der Waals surface area (Å²) < 4.78 is 30.5. The number of amidine groups is 1. The van der Waals surface area contributed by atoms with Crippen molar-refractivity contribution in [1.82, 2.24) is 15.5 Å². The lowest BCUT2D eigenvalue weighted by Gasteiger charge is -2.25. The molecule has 13 heteroatoms. The Balaban J connectivity index is 1.27. The van der Waals surface area contributed by atoms with Gasteiger partial charge in [-0.3, -0.25) is 19.8 Å². The number of nitrogens with two attached hydrogens (primary N) is 1. The van der Waals surface area contributed by atoms with Gasteiger partial charge < -0.3 is 25.7 Å². The molecule has 2 aromatic carbocycles. The molecule has 3 heterocycles. The molecule has 41 heavy (non-hydrogen) atoms. The number of nitrogens with one attached hydrogen (secondary N) is 3. The number of amides is 3. The van der Waals surface area contributed by atoms with E-state index in [4.69, 9.17) is 15.6 Å². The molecule has 214 valence electrons. The zero-order chi connectivity index (χ0) is 29.5. The second-order valence-electron chi connectivity index (χ2n) is 10.1. The topological polar surface area (TPSA) is 176 Å². The number of hydrogen-bond acceptors (Lipinski definition) is 8. The number of sulfone groups is 1.